The van der Waals surface area contributed by atoms with Crippen LogP contribution in [0.1, 0.15) is 24.2 Å². The molecule has 0 radical (unpaired) electrons. The fourth-order valence-electron chi connectivity index (χ4n) is 1.39. The molecule has 5 nitrogen and oxygen atoms in total. The van der Waals surface area contributed by atoms with Gasteiger partial charge in [0.25, 0.3) is 5.91 Å². The van der Waals surface area contributed by atoms with E-state index in [1.165, 1.54) is 13.3 Å². The van der Waals surface area contributed by atoms with E-state index in [0.29, 0.717) is 10.0 Å². The molecule has 1 atom stereocenters. The van der Waals surface area contributed by atoms with Gasteiger partial charge in [-0.15, -0.1) is 0 Å². The first-order valence-electron chi connectivity index (χ1n) is 5.45. The predicted molar refractivity (Wildman–Crippen MR) is 70.0 cm³/mol. The standard InChI is InChI=1S/C12H15BrN2O3/c1-7(2)10(12(17)18-3)15-11(16)8-4-9(13)6-14-5-8/h4-7,10H,1-3H3,(H,15,16). The third-order valence-corrected chi connectivity index (χ3v) is 2.81. The van der Waals surface area contributed by atoms with Crippen molar-refractivity contribution >= 4 is 27.8 Å². The van der Waals surface area contributed by atoms with E-state index in [2.05, 4.69) is 31.0 Å². The van der Waals surface area contributed by atoms with Gasteiger partial charge in [-0.1, -0.05) is 13.8 Å². The van der Waals surface area contributed by atoms with Crippen molar-refractivity contribution < 1.29 is 14.3 Å². The first kappa shape index (κ1) is 14.6. The van der Waals surface area contributed by atoms with Gasteiger partial charge in [0.05, 0.1) is 12.7 Å². The topological polar surface area (TPSA) is 68.3 Å². The number of esters is 1. The van der Waals surface area contributed by atoms with Gasteiger partial charge in [-0.3, -0.25) is 9.78 Å². The molecule has 6 heteroatoms. The van der Waals surface area contributed by atoms with Crippen molar-refractivity contribution in [3.8, 4) is 0 Å². The first-order valence-corrected chi connectivity index (χ1v) is 6.24. The Hall–Kier alpha value is -1.43. The van der Waals surface area contributed by atoms with Crippen molar-refractivity contribution in [3.63, 3.8) is 0 Å². The summed E-state index contributed by atoms with van der Waals surface area (Å²) in [5.41, 5.74) is 0.388. The number of carbonyl (C=O) groups is 2. The lowest BCUT2D eigenvalue weighted by Crippen LogP contribution is -2.45. The summed E-state index contributed by atoms with van der Waals surface area (Å²) in [4.78, 5) is 27.4. The predicted octanol–water partition coefficient (Wildman–Crippen LogP) is 1.77. The fraction of sp³-hybridized carbons (Fsp3) is 0.417. The van der Waals surface area contributed by atoms with Crippen molar-refractivity contribution in [2.75, 3.05) is 7.11 Å². The summed E-state index contributed by atoms with van der Waals surface area (Å²) < 4.78 is 5.36. The number of nitrogens with zero attached hydrogens (tertiary/aromatic N) is 1. The Kier molecular flexibility index (Phi) is 5.27. The zero-order valence-corrected chi connectivity index (χ0v) is 12.0. The average Bonchev–Trinajstić information content (AvgIpc) is 2.34. The van der Waals surface area contributed by atoms with Crippen LogP contribution in [0.3, 0.4) is 0 Å². The Morgan fingerprint density at radius 2 is 2.06 bits per heavy atom. The van der Waals surface area contributed by atoms with Gasteiger partial charge in [0.15, 0.2) is 0 Å². The first-order chi connectivity index (χ1) is 8.45. The summed E-state index contributed by atoms with van der Waals surface area (Å²) in [5, 5.41) is 2.64. The number of amides is 1. The molecule has 1 aromatic rings. The average molecular weight is 315 g/mol. The molecular weight excluding hydrogens is 300 g/mol. The Morgan fingerprint density at radius 3 is 2.56 bits per heavy atom. The van der Waals surface area contributed by atoms with Gasteiger partial charge in [-0.05, 0) is 27.9 Å². The van der Waals surface area contributed by atoms with Crippen LogP contribution < -0.4 is 5.32 Å². The second-order valence-corrected chi connectivity index (χ2v) is 5.03. The molecule has 1 amide bonds. The second-order valence-electron chi connectivity index (χ2n) is 4.11. The van der Waals surface area contributed by atoms with E-state index >= 15 is 0 Å². The van der Waals surface area contributed by atoms with Crippen molar-refractivity contribution in [1.82, 2.24) is 10.3 Å². The highest BCUT2D eigenvalue weighted by Crippen LogP contribution is 2.11. The zero-order chi connectivity index (χ0) is 13.7. The Bertz CT molecular complexity index is 449. The lowest BCUT2D eigenvalue weighted by molar-refractivity contribution is -0.144. The monoisotopic (exact) mass is 314 g/mol. The minimum atomic E-state index is -0.665. The smallest absolute Gasteiger partial charge is 0.328 e. The van der Waals surface area contributed by atoms with Crippen molar-refractivity contribution in [2.45, 2.75) is 19.9 Å². The van der Waals surface area contributed by atoms with Crippen LogP contribution in [0.15, 0.2) is 22.9 Å². The highest BCUT2D eigenvalue weighted by atomic mass is 79.9. The SMILES string of the molecule is COC(=O)C(NC(=O)c1cncc(Br)c1)C(C)C. The molecular formula is C12H15BrN2O3. The lowest BCUT2D eigenvalue weighted by Gasteiger charge is -2.19. The van der Waals surface area contributed by atoms with Gasteiger partial charge in [0.1, 0.15) is 6.04 Å². The summed E-state index contributed by atoms with van der Waals surface area (Å²) in [7, 11) is 1.30. The summed E-state index contributed by atoms with van der Waals surface area (Å²) in [6, 6.07) is 0.971. The molecule has 0 aliphatic heterocycles. The second kappa shape index (κ2) is 6.49. The molecule has 0 saturated carbocycles. The molecule has 1 rings (SSSR count). The number of hydrogen-bond donors (Lipinski definition) is 1. The van der Waals surface area contributed by atoms with Crippen LogP contribution in [-0.4, -0.2) is 30.0 Å². The number of aromatic nitrogens is 1. The minimum Gasteiger partial charge on any atom is -0.467 e. The lowest BCUT2D eigenvalue weighted by atomic mass is 10.0. The van der Waals surface area contributed by atoms with Gasteiger partial charge in [-0.25, -0.2) is 4.79 Å². The minimum absolute atomic E-state index is 0.0542. The van der Waals surface area contributed by atoms with Gasteiger partial charge in [0, 0.05) is 16.9 Å². The van der Waals surface area contributed by atoms with Gasteiger partial charge >= 0.3 is 5.97 Å². The number of ether oxygens (including phenoxy) is 1. The number of methoxy groups -OCH3 is 1. The quantitative estimate of drug-likeness (QED) is 0.860. The van der Waals surface area contributed by atoms with Gasteiger partial charge in [-0.2, -0.15) is 0 Å². The van der Waals surface area contributed by atoms with Crippen molar-refractivity contribution in [1.29, 1.82) is 0 Å². The Labute approximate surface area is 114 Å². The molecule has 18 heavy (non-hydrogen) atoms. The van der Waals surface area contributed by atoms with Crippen LogP contribution in [0.4, 0.5) is 0 Å². The summed E-state index contributed by atoms with van der Waals surface area (Å²) in [5.74, 6) is -0.865. The zero-order valence-electron chi connectivity index (χ0n) is 10.4. The van der Waals surface area contributed by atoms with Crippen LogP contribution in [0.5, 0.6) is 0 Å². The largest absolute Gasteiger partial charge is 0.467 e. The maximum absolute atomic E-state index is 12.0. The van der Waals surface area contributed by atoms with Crippen LogP contribution in [0, 0.1) is 5.92 Å². The number of carbonyl (C=O) groups excluding carboxylic acids is 2. The summed E-state index contributed by atoms with van der Waals surface area (Å²) in [6.45, 7) is 3.67. The molecule has 1 N–H and O–H groups in total. The summed E-state index contributed by atoms with van der Waals surface area (Å²) >= 11 is 3.23. The number of halogens is 1. The molecule has 1 aromatic heterocycles. The van der Waals surface area contributed by atoms with Crippen LogP contribution in [0.2, 0.25) is 0 Å². The molecule has 0 saturated heterocycles. The van der Waals surface area contributed by atoms with E-state index in [-0.39, 0.29) is 11.8 Å². The highest BCUT2D eigenvalue weighted by molar-refractivity contribution is 9.10. The molecule has 1 unspecified atom stereocenters. The molecule has 0 aliphatic rings. The van der Waals surface area contributed by atoms with E-state index in [9.17, 15) is 9.59 Å². The van der Waals surface area contributed by atoms with E-state index in [1.54, 1.807) is 12.3 Å². The molecule has 0 fully saturated rings. The van der Waals surface area contributed by atoms with Crippen LogP contribution in [0.25, 0.3) is 0 Å². The van der Waals surface area contributed by atoms with Crippen molar-refractivity contribution in [2.24, 2.45) is 5.92 Å². The van der Waals surface area contributed by atoms with E-state index in [4.69, 9.17) is 0 Å². The molecule has 1 heterocycles. The number of rotatable bonds is 4. The molecule has 98 valence electrons. The van der Waals surface area contributed by atoms with Gasteiger partial charge < -0.3 is 10.1 Å². The summed E-state index contributed by atoms with van der Waals surface area (Å²) in [6.07, 6.45) is 3.02. The number of nitrogens with one attached hydrogen (secondary N) is 1. The van der Waals surface area contributed by atoms with E-state index in [0.717, 1.165) is 0 Å². The molecule has 0 aromatic carbocycles. The third-order valence-electron chi connectivity index (χ3n) is 2.38. The highest BCUT2D eigenvalue weighted by Gasteiger charge is 2.25. The fourth-order valence-corrected chi connectivity index (χ4v) is 1.75. The van der Waals surface area contributed by atoms with Crippen LogP contribution in [-0.2, 0) is 9.53 Å². The van der Waals surface area contributed by atoms with Crippen molar-refractivity contribution in [3.05, 3.63) is 28.5 Å². The van der Waals surface area contributed by atoms with E-state index < -0.39 is 12.0 Å². The number of pyridine rings is 1. The van der Waals surface area contributed by atoms with E-state index in [1.807, 2.05) is 13.8 Å². The number of hydrogen-bond acceptors (Lipinski definition) is 4. The Morgan fingerprint density at radius 1 is 1.39 bits per heavy atom. The third kappa shape index (κ3) is 3.80. The maximum atomic E-state index is 12.0. The maximum Gasteiger partial charge on any atom is 0.328 e. The Balaban J connectivity index is 2.82. The van der Waals surface area contributed by atoms with Gasteiger partial charge in [0.2, 0.25) is 0 Å². The normalized spacial score (nSPS) is 12.1. The molecule has 0 aliphatic carbocycles. The molecule has 0 bridgehead atoms. The molecule has 0 spiro atoms. The van der Waals surface area contributed by atoms with Crippen LogP contribution >= 0.6 is 15.9 Å².